The quantitative estimate of drug-likeness (QED) is 0.725. The summed E-state index contributed by atoms with van der Waals surface area (Å²) in [6.45, 7) is 4.03. The summed E-state index contributed by atoms with van der Waals surface area (Å²) in [5, 5.41) is 17.2. The largest absolute Gasteiger partial charge is 0.211 e. The van der Waals surface area contributed by atoms with E-state index in [4.69, 9.17) is 0 Å². The zero-order valence-corrected chi connectivity index (χ0v) is 12.2. The SMILES string of the molecule is Cc1ccc(-n2nnc(C#N)c2-c2cccc(F)c2)cc1C. The predicted molar refractivity (Wildman–Crippen MR) is 80.9 cm³/mol. The Hall–Kier alpha value is -3.00. The highest BCUT2D eigenvalue weighted by molar-refractivity contribution is 5.67. The van der Waals surface area contributed by atoms with Gasteiger partial charge < -0.3 is 0 Å². The van der Waals surface area contributed by atoms with Crippen molar-refractivity contribution in [3.05, 3.63) is 65.1 Å². The van der Waals surface area contributed by atoms with Gasteiger partial charge in [0.05, 0.1) is 5.69 Å². The highest BCUT2D eigenvalue weighted by Gasteiger charge is 2.16. The Morgan fingerprint density at radius 2 is 1.91 bits per heavy atom. The molecular weight excluding hydrogens is 279 g/mol. The van der Waals surface area contributed by atoms with Gasteiger partial charge >= 0.3 is 0 Å². The van der Waals surface area contributed by atoms with Crippen molar-refractivity contribution in [1.82, 2.24) is 15.0 Å². The number of nitrogens with zero attached hydrogens (tertiary/aromatic N) is 4. The number of aromatic nitrogens is 3. The Morgan fingerprint density at radius 3 is 2.59 bits per heavy atom. The van der Waals surface area contributed by atoms with Crippen molar-refractivity contribution in [3.63, 3.8) is 0 Å². The molecule has 1 heterocycles. The summed E-state index contributed by atoms with van der Waals surface area (Å²) in [6.07, 6.45) is 0. The van der Waals surface area contributed by atoms with Gasteiger partial charge in [-0.15, -0.1) is 5.10 Å². The van der Waals surface area contributed by atoms with Crippen molar-refractivity contribution >= 4 is 0 Å². The first kappa shape index (κ1) is 14.0. The fourth-order valence-electron chi connectivity index (χ4n) is 2.29. The first-order chi connectivity index (χ1) is 10.6. The Morgan fingerprint density at radius 1 is 1.09 bits per heavy atom. The van der Waals surface area contributed by atoms with Gasteiger partial charge in [-0.1, -0.05) is 23.4 Å². The normalized spacial score (nSPS) is 10.5. The summed E-state index contributed by atoms with van der Waals surface area (Å²) < 4.78 is 15.1. The third-order valence-electron chi connectivity index (χ3n) is 3.61. The zero-order valence-electron chi connectivity index (χ0n) is 12.2. The van der Waals surface area contributed by atoms with E-state index in [0.29, 0.717) is 11.3 Å². The summed E-state index contributed by atoms with van der Waals surface area (Å²) in [5.74, 6) is -0.366. The smallest absolute Gasteiger partial charge is 0.191 e. The minimum Gasteiger partial charge on any atom is -0.211 e. The molecular formula is C17H13FN4. The number of halogens is 1. The molecule has 0 N–H and O–H groups in total. The number of benzene rings is 2. The molecule has 2 aromatic carbocycles. The molecule has 0 radical (unpaired) electrons. The molecule has 108 valence electrons. The average Bonchev–Trinajstić information content (AvgIpc) is 2.94. The molecule has 0 bridgehead atoms. The van der Waals surface area contributed by atoms with E-state index in [1.807, 2.05) is 38.1 Å². The maximum atomic E-state index is 13.5. The molecule has 5 heteroatoms. The average molecular weight is 292 g/mol. The van der Waals surface area contributed by atoms with Gasteiger partial charge in [-0.05, 0) is 49.2 Å². The molecule has 0 atom stereocenters. The predicted octanol–water partition coefficient (Wildman–Crippen LogP) is 3.56. The second-order valence-corrected chi connectivity index (χ2v) is 5.09. The summed E-state index contributed by atoms with van der Waals surface area (Å²) >= 11 is 0. The molecule has 0 saturated carbocycles. The summed E-state index contributed by atoms with van der Waals surface area (Å²) in [5.41, 5.74) is 4.29. The van der Waals surface area contributed by atoms with Crippen LogP contribution in [0.3, 0.4) is 0 Å². The fraction of sp³-hybridized carbons (Fsp3) is 0.118. The van der Waals surface area contributed by atoms with E-state index in [1.54, 1.807) is 16.8 Å². The van der Waals surface area contributed by atoms with Crippen molar-refractivity contribution in [3.8, 4) is 23.0 Å². The second kappa shape index (κ2) is 5.41. The van der Waals surface area contributed by atoms with Crippen molar-refractivity contribution in [2.24, 2.45) is 0 Å². The van der Waals surface area contributed by atoms with Crippen LogP contribution in [0.1, 0.15) is 16.8 Å². The molecule has 0 spiro atoms. The monoisotopic (exact) mass is 292 g/mol. The van der Waals surface area contributed by atoms with Crippen molar-refractivity contribution in [1.29, 1.82) is 5.26 Å². The summed E-state index contributed by atoms with van der Waals surface area (Å²) in [6, 6.07) is 13.9. The summed E-state index contributed by atoms with van der Waals surface area (Å²) in [7, 11) is 0. The van der Waals surface area contributed by atoms with Gasteiger partial charge in [0.15, 0.2) is 5.69 Å². The van der Waals surface area contributed by atoms with Crippen molar-refractivity contribution < 1.29 is 4.39 Å². The van der Waals surface area contributed by atoms with E-state index in [1.165, 1.54) is 12.1 Å². The first-order valence-electron chi connectivity index (χ1n) is 6.79. The number of aryl methyl sites for hydroxylation is 2. The maximum Gasteiger partial charge on any atom is 0.191 e. The lowest BCUT2D eigenvalue weighted by Crippen LogP contribution is -2.01. The maximum absolute atomic E-state index is 13.5. The molecule has 0 aliphatic rings. The third kappa shape index (κ3) is 2.35. The molecule has 22 heavy (non-hydrogen) atoms. The molecule has 3 aromatic rings. The van der Waals surface area contributed by atoms with Gasteiger partial charge in [0.2, 0.25) is 0 Å². The minimum absolute atomic E-state index is 0.170. The zero-order chi connectivity index (χ0) is 15.7. The number of hydrogen-bond acceptors (Lipinski definition) is 3. The second-order valence-electron chi connectivity index (χ2n) is 5.09. The third-order valence-corrected chi connectivity index (χ3v) is 3.61. The van der Waals surface area contributed by atoms with Crippen LogP contribution >= 0.6 is 0 Å². The van der Waals surface area contributed by atoms with Crippen LogP contribution in [0.5, 0.6) is 0 Å². The van der Waals surface area contributed by atoms with Gasteiger partial charge in [-0.2, -0.15) is 5.26 Å². The van der Waals surface area contributed by atoms with Crippen molar-refractivity contribution in [2.75, 3.05) is 0 Å². The van der Waals surface area contributed by atoms with Gasteiger partial charge in [0.25, 0.3) is 0 Å². The molecule has 1 aromatic heterocycles. The van der Waals surface area contributed by atoms with Crippen molar-refractivity contribution in [2.45, 2.75) is 13.8 Å². The lowest BCUT2D eigenvalue weighted by atomic mass is 10.1. The molecule has 0 unspecified atom stereocenters. The van der Waals surface area contributed by atoms with Crippen LogP contribution in [-0.2, 0) is 0 Å². The van der Waals surface area contributed by atoms with Gasteiger partial charge in [-0.25, -0.2) is 9.07 Å². The van der Waals surface area contributed by atoms with Gasteiger partial charge in [0.1, 0.15) is 17.6 Å². The standard InChI is InChI=1S/C17H13FN4/c1-11-6-7-15(8-12(11)2)22-17(16(10-19)20-21-22)13-4-3-5-14(18)9-13/h3-9H,1-2H3. The Labute approximate surface area is 127 Å². The molecule has 0 fully saturated rings. The Balaban J connectivity index is 2.24. The lowest BCUT2D eigenvalue weighted by molar-refractivity contribution is 0.628. The van der Waals surface area contributed by atoms with Gasteiger partial charge in [0, 0.05) is 5.56 Å². The highest BCUT2D eigenvalue weighted by Crippen LogP contribution is 2.26. The molecule has 4 nitrogen and oxygen atoms in total. The van der Waals surface area contributed by atoms with Gasteiger partial charge in [-0.3, -0.25) is 0 Å². The van der Waals surface area contributed by atoms with Crippen LogP contribution in [0.25, 0.3) is 16.9 Å². The fourth-order valence-corrected chi connectivity index (χ4v) is 2.29. The van der Waals surface area contributed by atoms with E-state index in [2.05, 4.69) is 10.3 Å². The van der Waals surface area contributed by atoms with Crippen LogP contribution in [0.15, 0.2) is 42.5 Å². The first-order valence-corrected chi connectivity index (χ1v) is 6.79. The Bertz CT molecular complexity index is 890. The van der Waals surface area contributed by atoms with Crippen LogP contribution in [0.2, 0.25) is 0 Å². The lowest BCUT2D eigenvalue weighted by Gasteiger charge is -2.09. The molecule has 0 saturated heterocycles. The minimum atomic E-state index is -0.366. The molecule has 0 aliphatic heterocycles. The van der Waals surface area contributed by atoms with E-state index >= 15 is 0 Å². The molecule has 0 amide bonds. The van der Waals surface area contributed by atoms with Crippen LogP contribution in [0.4, 0.5) is 4.39 Å². The van der Waals surface area contributed by atoms with E-state index in [0.717, 1.165) is 16.8 Å². The van der Waals surface area contributed by atoms with Crippen LogP contribution in [-0.4, -0.2) is 15.0 Å². The highest BCUT2D eigenvalue weighted by atomic mass is 19.1. The topological polar surface area (TPSA) is 54.5 Å². The Kier molecular flexibility index (Phi) is 3.43. The molecule has 0 aliphatic carbocycles. The van der Waals surface area contributed by atoms with Crippen LogP contribution < -0.4 is 0 Å². The van der Waals surface area contributed by atoms with E-state index in [-0.39, 0.29) is 11.5 Å². The number of hydrogen-bond donors (Lipinski definition) is 0. The number of rotatable bonds is 2. The van der Waals surface area contributed by atoms with E-state index in [9.17, 15) is 9.65 Å². The summed E-state index contributed by atoms with van der Waals surface area (Å²) in [4.78, 5) is 0. The van der Waals surface area contributed by atoms with Crippen LogP contribution in [0, 0.1) is 31.0 Å². The number of nitriles is 1. The molecule has 3 rings (SSSR count). The van der Waals surface area contributed by atoms with E-state index < -0.39 is 0 Å².